The lowest BCUT2D eigenvalue weighted by molar-refractivity contribution is 0.372. The van der Waals surface area contributed by atoms with Gasteiger partial charge in [-0.15, -0.1) is 11.8 Å². The van der Waals surface area contributed by atoms with Crippen LogP contribution >= 0.6 is 11.8 Å². The normalized spacial score (nSPS) is 11.5. The van der Waals surface area contributed by atoms with E-state index in [4.69, 9.17) is 5.11 Å². The Balaban J connectivity index is 3.15. The molecular weight excluding hydrogens is 240 g/mol. The van der Waals surface area contributed by atoms with E-state index in [1.165, 1.54) is 17.8 Å². The summed E-state index contributed by atoms with van der Waals surface area (Å²) in [7, 11) is 0. The summed E-state index contributed by atoms with van der Waals surface area (Å²) in [5, 5.41) is 9.52. The van der Waals surface area contributed by atoms with Crippen LogP contribution in [0.3, 0.4) is 0 Å². The highest BCUT2D eigenvalue weighted by atomic mass is 32.2. The van der Waals surface area contributed by atoms with Crippen LogP contribution in [0.2, 0.25) is 0 Å². The summed E-state index contributed by atoms with van der Waals surface area (Å²) in [6.07, 6.45) is 0. The maximum absolute atomic E-state index is 11.7. The first-order valence-electron chi connectivity index (χ1n) is 5.09. The fourth-order valence-electron chi connectivity index (χ4n) is 1.22. The van der Waals surface area contributed by atoms with Crippen molar-refractivity contribution < 1.29 is 5.11 Å². The predicted molar refractivity (Wildman–Crippen MR) is 68.7 cm³/mol. The third kappa shape index (κ3) is 4.14. The Labute approximate surface area is 103 Å². The van der Waals surface area contributed by atoms with E-state index >= 15 is 0 Å². The van der Waals surface area contributed by atoms with Crippen molar-refractivity contribution in [2.75, 3.05) is 0 Å². The second-order valence-electron chi connectivity index (χ2n) is 4.64. The third-order valence-corrected chi connectivity index (χ3v) is 2.80. The number of allylic oxidation sites excluding steroid dienone is 1. The van der Waals surface area contributed by atoms with Crippen LogP contribution in [0.25, 0.3) is 0 Å². The van der Waals surface area contributed by atoms with Crippen LogP contribution in [0.15, 0.2) is 33.0 Å². The lowest BCUT2D eigenvalue weighted by atomic mass is 10.3. The summed E-state index contributed by atoms with van der Waals surface area (Å²) in [6, 6.07) is 1.35. The van der Waals surface area contributed by atoms with Gasteiger partial charge in [0.15, 0.2) is 0 Å². The van der Waals surface area contributed by atoms with E-state index in [2.05, 4.69) is 11.6 Å². The van der Waals surface area contributed by atoms with Gasteiger partial charge in [0.25, 0.3) is 5.56 Å². The second-order valence-corrected chi connectivity index (χ2v) is 6.51. The zero-order chi connectivity index (χ0) is 13.2. The maximum Gasteiger partial charge on any atom is 0.329 e. The summed E-state index contributed by atoms with van der Waals surface area (Å²) >= 11 is 1.40. The summed E-state index contributed by atoms with van der Waals surface area (Å²) in [5.41, 5.74) is -0.991. The Morgan fingerprint density at radius 2 is 2.12 bits per heavy atom. The van der Waals surface area contributed by atoms with Crippen molar-refractivity contribution in [3.8, 4) is 0 Å². The van der Waals surface area contributed by atoms with Crippen LogP contribution in [0.1, 0.15) is 20.8 Å². The van der Waals surface area contributed by atoms with Crippen molar-refractivity contribution in [1.82, 2.24) is 9.55 Å². The Kier molecular flexibility index (Phi) is 3.87. The van der Waals surface area contributed by atoms with Crippen LogP contribution in [-0.4, -0.2) is 19.4 Å². The molecule has 0 aromatic carbocycles. The molecule has 0 atom stereocenters. The van der Waals surface area contributed by atoms with E-state index in [-0.39, 0.29) is 17.1 Å². The molecule has 1 rings (SSSR count). The molecule has 0 amide bonds. The number of aromatic amines is 1. The van der Waals surface area contributed by atoms with Crippen LogP contribution < -0.4 is 11.2 Å². The van der Waals surface area contributed by atoms with Crippen molar-refractivity contribution in [2.24, 2.45) is 0 Å². The molecule has 1 aromatic rings. The largest absolute Gasteiger partial charge is 0.511 e. The van der Waals surface area contributed by atoms with Gasteiger partial charge in [0.2, 0.25) is 0 Å². The minimum Gasteiger partial charge on any atom is -0.511 e. The first kappa shape index (κ1) is 13.6. The van der Waals surface area contributed by atoms with Crippen molar-refractivity contribution in [2.45, 2.75) is 37.1 Å². The molecule has 5 nitrogen and oxygen atoms in total. The van der Waals surface area contributed by atoms with Gasteiger partial charge < -0.3 is 10.1 Å². The van der Waals surface area contributed by atoms with Gasteiger partial charge in [0.1, 0.15) is 5.76 Å². The molecule has 0 unspecified atom stereocenters. The number of hydrogen-bond donors (Lipinski definition) is 2. The van der Waals surface area contributed by atoms with Gasteiger partial charge in [-0.1, -0.05) is 27.4 Å². The van der Waals surface area contributed by atoms with Gasteiger partial charge in [-0.3, -0.25) is 9.36 Å². The van der Waals surface area contributed by atoms with Crippen LogP contribution in [-0.2, 0) is 6.54 Å². The molecule has 17 heavy (non-hydrogen) atoms. The molecule has 94 valence electrons. The van der Waals surface area contributed by atoms with E-state index < -0.39 is 11.2 Å². The smallest absolute Gasteiger partial charge is 0.329 e. The maximum atomic E-state index is 11.7. The molecule has 2 N–H and O–H groups in total. The second kappa shape index (κ2) is 4.83. The van der Waals surface area contributed by atoms with Crippen molar-refractivity contribution in [3.05, 3.63) is 39.2 Å². The van der Waals surface area contributed by atoms with Crippen molar-refractivity contribution >= 4 is 11.8 Å². The minimum atomic E-state index is -0.542. The minimum absolute atomic E-state index is 0.0951. The molecule has 6 heteroatoms. The monoisotopic (exact) mass is 256 g/mol. The number of hydrogen-bond acceptors (Lipinski definition) is 4. The number of thioether (sulfide) groups is 1. The van der Waals surface area contributed by atoms with Gasteiger partial charge in [-0.2, -0.15) is 0 Å². The first-order valence-corrected chi connectivity index (χ1v) is 5.90. The summed E-state index contributed by atoms with van der Waals surface area (Å²) in [5.74, 6) is -0.228. The SMILES string of the molecule is C=C(O)Cn1c(=O)cc(SC(C)(C)C)[nH]c1=O. The number of nitrogens with zero attached hydrogens (tertiary/aromatic N) is 1. The topological polar surface area (TPSA) is 75.1 Å². The van der Waals surface area contributed by atoms with Gasteiger partial charge in [0.05, 0.1) is 11.6 Å². The highest BCUT2D eigenvalue weighted by Gasteiger charge is 2.14. The van der Waals surface area contributed by atoms with Gasteiger partial charge >= 0.3 is 5.69 Å². The third-order valence-electron chi connectivity index (χ3n) is 1.75. The highest BCUT2D eigenvalue weighted by molar-refractivity contribution is 8.00. The quantitative estimate of drug-likeness (QED) is 0.488. The van der Waals surface area contributed by atoms with E-state index in [0.717, 1.165) is 4.57 Å². The zero-order valence-corrected chi connectivity index (χ0v) is 10.9. The molecule has 0 aliphatic rings. The fraction of sp³-hybridized carbons (Fsp3) is 0.455. The number of H-pyrrole nitrogens is 1. The standard InChI is InChI=1S/C11H16N2O3S/c1-7(14)6-13-9(15)5-8(12-10(13)16)17-11(2,3)4/h5,14H,1,6H2,2-4H3,(H,12,16). The fourth-order valence-corrected chi connectivity index (χ4v) is 2.17. The van der Waals surface area contributed by atoms with Gasteiger partial charge in [-0.05, 0) is 0 Å². The number of nitrogens with one attached hydrogen (secondary N) is 1. The molecule has 1 aromatic heterocycles. The molecule has 0 spiro atoms. The molecule has 0 aliphatic carbocycles. The molecule has 0 fully saturated rings. The van der Waals surface area contributed by atoms with Crippen molar-refractivity contribution in [3.63, 3.8) is 0 Å². The Morgan fingerprint density at radius 3 is 2.53 bits per heavy atom. The average molecular weight is 256 g/mol. The number of aliphatic hydroxyl groups is 1. The average Bonchev–Trinajstić information content (AvgIpc) is 2.08. The molecule has 0 saturated carbocycles. The van der Waals surface area contributed by atoms with E-state index in [0.29, 0.717) is 5.03 Å². The molecule has 1 heterocycles. The molecule has 0 aliphatic heterocycles. The van der Waals surface area contributed by atoms with Gasteiger partial charge in [-0.25, -0.2) is 4.79 Å². The summed E-state index contributed by atoms with van der Waals surface area (Å²) in [4.78, 5) is 25.9. The summed E-state index contributed by atoms with van der Waals surface area (Å²) < 4.78 is 0.803. The first-order chi connectivity index (χ1) is 7.69. The summed E-state index contributed by atoms with van der Waals surface area (Å²) in [6.45, 7) is 9.02. The van der Waals surface area contributed by atoms with E-state index in [1.807, 2.05) is 20.8 Å². The van der Waals surface area contributed by atoms with Crippen LogP contribution in [0.5, 0.6) is 0 Å². The predicted octanol–water partition coefficient (Wildman–Crippen LogP) is 1.50. The van der Waals surface area contributed by atoms with Crippen LogP contribution in [0, 0.1) is 0 Å². The molecule has 0 radical (unpaired) electrons. The van der Waals surface area contributed by atoms with E-state index in [9.17, 15) is 9.59 Å². The van der Waals surface area contributed by atoms with Crippen molar-refractivity contribution in [1.29, 1.82) is 0 Å². The van der Waals surface area contributed by atoms with Gasteiger partial charge in [0, 0.05) is 10.8 Å². The number of rotatable bonds is 3. The number of aromatic nitrogens is 2. The highest BCUT2D eigenvalue weighted by Crippen LogP contribution is 2.28. The molecule has 0 bridgehead atoms. The Hall–Kier alpha value is -1.43. The molecular formula is C11H16N2O3S. The zero-order valence-electron chi connectivity index (χ0n) is 10.1. The lowest BCUT2D eigenvalue weighted by Gasteiger charge is -2.17. The van der Waals surface area contributed by atoms with Crippen LogP contribution in [0.4, 0.5) is 0 Å². The Morgan fingerprint density at radius 1 is 1.53 bits per heavy atom. The number of aliphatic hydroxyl groups excluding tert-OH is 1. The lowest BCUT2D eigenvalue weighted by Crippen LogP contribution is -2.35. The Bertz CT molecular complexity index is 506. The molecule has 0 saturated heterocycles. The van der Waals surface area contributed by atoms with E-state index in [1.54, 1.807) is 0 Å².